The summed E-state index contributed by atoms with van der Waals surface area (Å²) < 4.78 is 2.04. The first kappa shape index (κ1) is 18.0. The number of carbonyl (C=O) groups is 1. The molecule has 0 spiro atoms. The van der Waals surface area contributed by atoms with E-state index in [2.05, 4.69) is 40.6 Å². The van der Waals surface area contributed by atoms with E-state index < -0.39 is 0 Å². The lowest BCUT2D eigenvalue weighted by atomic mass is 10.00. The SMILES string of the molecule is O=C(NCc1ccc(Cn2ccnc2)cc1)c1cc2c(s1)CCCCCC2. The predicted molar refractivity (Wildman–Crippen MR) is 109 cm³/mol. The van der Waals surface area contributed by atoms with Crippen LogP contribution in [-0.4, -0.2) is 15.5 Å². The molecule has 27 heavy (non-hydrogen) atoms. The summed E-state index contributed by atoms with van der Waals surface area (Å²) in [4.78, 5) is 18.9. The van der Waals surface area contributed by atoms with Gasteiger partial charge in [0.25, 0.3) is 5.91 Å². The first-order chi connectivity index (χ1) is 13.3. The van der Waals surface area contributed by atoms with Crippen LogP contribution in [0.15, 0.2) is 49.1 Å². The van der Waals surface area contributed by atoms with Gasteiger partial charge in [-0.05, 0) is 48.4 Å². The second-order valence-corrected chi connectivity index (χ2v) is 8.34. The van der Waals surface area contributed by atoms with E-state index in [1.165, 1.54) is 41.7 Å². The molecule has 4 rings (SSSR count). The lowest BCUT2D eigenvalue weighted by Crippen LogP contribution is -2.21. The third-order valence-electron chi connectivity index (χ3n) is 5.12. The zero-order chi connectivity index (χ0) is 18.5. The third kappa shape index (κ3) is 4.66. The Labute approximate surface area is 164 Å². The number of thiophene rings is 1. The summed E-state index contributed by atoms with van der Waals surface area (Å²) in [7, 11) is 0. The molecule has 4 nitrogen and oxygen atoms in total. The number of aryl methyl sites for hydroxylation is 2. The van der Waals surface area contributed by atoms with Gasteiger partial charge in [0, 0.05) is 30.4 Å². The van der Waals surface area contributed by atoms with Gasteiger partial charge in [-0.25, -0.2) is 4.98 Å². The molecule has 1 N–H and O–H groups in total. The molecule has 0 bridgehead atoms. The van der Waals surface area contributed by atoms with Crippen molar-refractivity contribution in [2.75, 3.05) is 0 Å². The number of benzene rings is 1. The lowest BCUT2D eigenvalue weighted by molar-refractivity contribution is 0.0955. The highest BCUT2D eigenvalue weighted by Crippen LogP contribution is 2.28. The highest BCUT2D eigenvalue weighted by molar-refractivity contribution is 7.14. The number of rotatable bonds is 5. The summed E-state index contributed by atoms with van der Waals surface area (Å²) in [5.74, 6) is 0.0502. The summed E-state index contributed by atoms with van der Waals surface area (Å²) in [5.41, 5.74) is 3.74. The Balaban J connectivity index is 1.34. The molecular weight excluding hydrogens is 354 g/mol. The average Bonchev–Trinajstić information content (AvgIpc) is 3.31. The molecule has 1 aliphatic carbocycles. The molecule has 3 aromatic rings. The Morgan fingerprint density at radius 2 is 1.85 bits per heavy atom. The molecule has 1 aromatic carbocycles. The van der Waals surface area contributed by atoms with Gasteiger partial charge < -0.3 is 9.88 Å². The van der Waals surface area contributed by atoms with E-state index in [-0.39, 0.29) is 5.91 Å². The maximum absolute atomic E-state index is 12.6. The summed E-state index contributed by atoms with van der Waals surface area (Å²) in [6.07, 6.45) is 12.9. The monoisotopic (exact) mass is 379 g/mol. The zero-order valence-corrected chi connectivity index (χ0v) is 16.3. The van der Waals surface area contributed by atoms with E-state index >= 15 is 0 Å². The van der Waals surface area contributed by atoms with Crippen LogP contribution in [0.1, 0.15) is 56.9 Å². The molecule has 1 aliphatic rings. The van der Waals surface area contributed by atoms with Crippen molar-refractivity contribution in [2.24, 2.45) is 0 Å². The van der Waals surface area contributed by atoms with Gasteiger partial charge in [-0.15, -0.1) is 11.3 Å². The number of hydrogen-bond donors (Lipinski definition) is 1. The molecule has 0 fully saturated rings. The summed E-state index contributed by atoms with van der Waals surface area (Å²) >= 11 is 1.68. The Morgan fingerprint density at radius 3 is 2.63 bits per heavy atom. The van der Waals surface area contributed by atoms with E-state index in [4.69, 9.17) is 0 Å². The topological polar surface area (TPSA) is 46.9 Å². The Morgan fingerprint density at radius 1 is 1.07 bits per heavy atom. The fraction of sp³-hybridized carbons (Fsp3) is 0.364. The van der Waals surface area contributed by atoms with Crippen LogP contribution in [0.5, 0.6) is 0 Å². The van der Waals surface area contributed by atoms with Crippen molar-refractivity contribution in [2.45, 2.75) is 51.6 Å². The number of imidazole rings is 1. The number of nitrogens with one attached hydrogen (secondary N) is 1. The van der Waals surface area contributed by atoms with Crippen molar-refractivity contribution < 1.29 is 4.79 Å². The first-order valence-electron chi connectivity index (χ1n) is 9.71. The van der Waals surface area contributed by atoms with E-state index in [1.54, 1.807) is 17.5 Å². The Hall–Kier alpha value is -2.40. The van der Waals surface area contributed by atoms with Crippen molar-refractivity contribution in [3.8, 4) is 0 Å². The van der Waals surface area contributed by atoms with Gasteiger partial charge in [0.05, 0.1) is 11.2 Å². The van der Waals surface area contributed by atoms with E-state index in [9.17, 15) is 4.79 Å². The van der Waals surface area contributed by atoms with Crippen molar-refractivity contribution in [3.63, 3.8) is 0 Å². The van der Waals surface area contributed by atoms with Gasteiger partial charge in [0.2, 0.25) is 0 Å². The zero-order valence-electron chi connectivity index (χ0n) is 15.5. The molecule has 1 amide bonds. The van der Waals surface area contributed by atoms with Gasteiger partial charge in [0.1, 0.15) is 0 Å². The normalized spacial score (nSPS) is 14.2. The fourth-order valence-corrected chi connectivity index (χ4v) is 4.75. The van der Waals surface area contributed by atoms with Crippen LogP contribution < -0.4 is 5.32 Å². The Kier molecular flexibility index (Phi) is 5.68. The molecular formula is C22H25N3OS. The maximum Gasteiger partial charge on any atom is 0.261 e. The number of amides is 1. The van der Waals surface area contributed by atoms with Crippen molar-refractivity contribution in [1.29, 1.82) is 0 Å². The number of aromatic nitrogens is 2. The van der Waals surface area contributed by atoms with E-state index in [0.29, 0.717) is 6.54 Å². The molecule has 0 unspecified atom stereocenters. The smallest absolute Gasteiger partial charge is 0.261 e. The van der Waals surface area contributed by atoms with Gasteiger partial charge in [-0.3, -0.25) is 4.79 Å². The van der Waals surface area contributed by atoms with Crippen LogP contribution >= 0.6 is 11.3 Å². The molecule has 2 aromatic heterocycles. The minimum absolute atomic E-state index is 0.0502. The second kappa shape index (κ2) is 8.53. The Bertz CT molecular complexity index is 855. The molecule has 2 heterocycles. The largest absolute Gasteiger partial charge is 0.347 e. The third-order valence-corrected chi connectivity index (χ3v) is 6.36. The van der Waals surface area contributed by atoms with Gasteiger partial charge in [0.15, 0.2) is 0 Å². The molecule has 0 saturated heterocycles. The number of hydrogen-bond acceptors (Lipinski definition) is 3. The summed E-state index contributed by atoms with van der Waals surface area (Å²) in [5, 5.41) is 3.08. The molecule has 0 radical (unpaired) electrons. The van der Waals surface area contributed by atoms with Gasteiger partial charge in [-0.2, -0.15) is 0 Å². The van der Waals surface area contributed by atoms with Crippen LogP contribution in [0.25, 0.3) is 0 Å². The first-order valence-corrected chi connectivity index (χ1v) is 10.5. The highest BCUT2D eigenvalue weighted by atomic mass is 32.1. The van der Waals surface area contributed by atoms with E-state index in [0.717, 1.165) is 29.8 Å². The molecule has 0 aliphatic heterocycles. The number of carbonyl (C=O) groups excluding carboxylic acids is 1. The van der Waals surface area contributed by atoms with Crippen LogP contribution in [0.3, 0.4) is 0 Å². The average molecular weight is 380 g/mol. The number of fused-ring (bicyclic) bond motifs is 1. The van der Waals surface area contributed by atoms with Crippen molar-refractivity contribution in [3.05, 3.63) is 75.5 Å². The van der Waals surface area contributed by atoms with Crippen LogP contribution in [0, 0.1) is 0 Å². The fourth-order valence-electron chi connectivity index (χ4n) is 3.58. The minimum atomic E-state index is 0.0502. The lowest BCUT2D eigenvalue weighted by Gasteiger charge is -2.07. The quantitative estimate of drug-likeness (QED) is 0.705. The molecule has 5 heteroatoms. The molecule has 0 saturated carbocycles. The minimum Gasteiger partial charge on any atom is -0.347 e. The standard InChI is InChI=1S/C22H25N3OS/c26-22(21-13-19-5-3-1-2-4-6-20(19)27-21)24-14-17-7-9-18(10-8-17)15-25-12-11-23-16-25/h7-13,16H,1-6,14-15H2,(H,24,26). The van der Waals surface area contributed by atoms with Crippen LogP contribution in [-0.2, 0) is 25.9 Å². The van der Waals surface area contributed by atoms with Crippen molar-refractivity contribution in [1.82, 2.24) is 14.9 Å². The molecule has 140 valence electrons. The van der Waals surface area contributed by atoms with Gasteiger partial charge >= 0.3 is 0 Å². The van der Waals surface area contributed by atoms with Gasteiger partial charge in [-0.1, -0.05) is 37.1 Å². The number of nitrogens with zero attached hydrogens (tertiary/aromatic N) is 2. The van der Waals surface area contributed by atoms with Crippen LogP contribution in [0.2, 0.25) is 0 Å². The van der Waals surface area contributed by atoms with Crippen LogP contribution in [0.4, 0.5) is 0 Å². The van der Waals surface area contributed by atoms with Crippen molar-refractivity contribution >= 4 is 17.2 Å². The predicted octanol–water partition coefficient (Wildman–Crippen LogP) is 4.58. The van der Waals surface area contributed by atoms with E-state index in [1.807, 2.05) is 17.1 Å². The molecule has 0 atom stereocenters. The summed E-state index contributed by atoms with van der Waals surface area (Å²) in [6, 6.07) is 10.5. The maximum atomic E-state index is 12.6. The highest BCUT2D eigenvalue weighted by Gasteiger charge is 2.15. The summed E-state index contributed by atoms with van der Waals surface area (Å²) in [6.45, 7) is 1.38. The second-order valence-electron chi connectivity index (χ2n) is 7.21.